The normalized spacial score (nSPS) is 15.1. The zero-order valence-corrected chi connectivity index (χ0v) is 21.1. The molecule has 1 aliphatic rings. The Morgan fingerprint density at radius 3 is 2.41 bits per heavy atom. The molecule has 0 atom stereocenters. The van der Waals surface area contributed by atoms with E-state index in [4.69, 9.17) is 16.6 Å². The lowest BCUT2D eigenvalue weighted by Gasteiger charge is -2.36. The van der Waals surface area contributed by atoms with Gasteiger partial charge in [0.2, 0.25) is 5.91 Å². The summed E-state index contributed by atoms with van der Waals surface area (Å²) in [5, 5.41) is 7.49. The predicted molar refractivity (Wildman–Crippen MR) is 132 cm³/mol. The van der Waals surface area contributed by atoms with Crippen LogP contribution in [0.2, 0.25) is 5.02 Å². The lowest BCUT2D eigenvalue weighted by atomic mass is 10.1. The highest BCUT2D eigenvalue weighted by atomic mass is 127. The van der Waals surface area contributed by atoms with Gasteiger partial charge in [-0.25, -0.2) is 0 Å². The van der Waals surface area contributed by atoms with Crippen molar-refractivity contribution in [2.75, 3.05) is 45.8 Å². The summed E-state index contributed by atoms with van der Waals surface area (Å²) in [5.41, 5.74) is 1.06. The SMILES string of the molecule is CCNC(=NCCNC(C)(C)C)N1CCN(C(=O)Cc2cccc(Cl)c2)CC1.I. The van der Waals surface area contributed by atoms with Gasteiger partial charge in [-0.15, -0.1) is 24.0 Å². The maximum atomic E-state index is 12.6. The molecule has 0 spiro atoms. The number of hydrogen-bond donors (Lipinski definition) is 2. The summed E-state index contributed by atoms with van der Waals surface area (Å²) in [6.07, 6.45) is 0.396. The average Bonchev–Trinajstić information content (AvgIpc) is 2.63. The first kappa shape index (κ1) is 26.0. The number of halogens is 2. The third-order valence-corrected chi connectivity index (χ3v) is 4.77. The Kier molecular flexibility index (Phi) is 11.3. The van der Waals surface area contributed by atoms with Crippen LogP contribution in [0.1, 0.15) is 33.3 Å². The number of hydrogen-bond acceptors (Lipinski definition) is 3. The second-order valence-electron chi connectivity index (χ2n) is 8.09. The Morgan fingerprint density at radius 2 is 1.83 bits per heavy atom. The van der Waals surface area contributed by atoms with Crippen molar-refractivity contribution in [3.8, 4) is 0 Å². The molecule has 2 rings (SSSR count). The minimum absolute atomic E-state index is 0. The lowest BCUT2D eigenvalue weighted by molar-refractivity contribution is -0.131. The maximum absolute atomic E-state index is 12.6. The van der Waals surface area contributed by atoms with Crippen LogP contribution in [-0.4, -0.2) is 73.0 Å². The fraction of sp³-hybridized carbons (Fsp3) is 0.619. The van der Waals surface area contributed by atoms with Crippen LogP contribution in [0.3, 0.4) is 0 Å². The summed E-state index contributed by atoms with van der Waals surface area (Å²) in [6, 6.07) is 7.52. The van der Waals surface area contributed by atoms with Crippen LogP contribution in [0.4, 0.5) is 0 Å². The van der Waals surface area contributed by atoms with E-state index in [1.807, 2.05) is 29.2 Å². The molecule has 164 valence electrons. The van der Waals surface area contributed by atoms with Gasteiger partial charge in [0.05, 0.1) is 13.0 Å². The molecule has 8 heteroatoms. The van der Waals surface area contributed by atoms with Gasteiger partial charge >= 0.3 is 0 Å². The van der Waals surface area contributed by atoms with Gasteiger partial charge in [0, 0.05) is 49.8 Å². The zero-order chi connectivity index (χ0) is 20.6. The first-order valence-electron chi connectivity index (χ1n) is 10.1. The van der Waals surface area contributed by atoms with E-state index in [0.29, 0.717) is 24.5 Å². The minimum Gasteiger partial charge on any atom is -0.357 e. The molecule has 0 unspecified atom stereocenters. The van der Waals surface area contributed by atoms with E-state index in [0.717, 1.165) is 44.2 Å². The largest absolute Gasteiger partial charge is 0.357 e. The summed E-state index contributed by atoms with van der Waals surface area (Å²) < 4.78 is 0. The van der Waals surface area contributed by atoms with Crippen molar-refractivity contribution < 1.29 is 4.79 Å². The van der Waals surface area contributed by atoms with Crippen molar-refractivity contribution in [1.82, 2.24) is 20.4 Å². The molecule has 1 aromatic rings. The van der Waals surface area contributed by atoms with Crippen LogP contribution in [0, 0.1) is 0 Å². The van der Waals surface area contributed by atoms with Crippen molar-refractivity contribution in [2.45, 2.75) is 39.7 Å². The Hall–Kier alpha value is -1.06. The molecule has 1 amide bonds. The number of carbonyl (C=O) groups excluding carboxylic acids is 1. The number of guanidine groups is 1. The average molecular weight is 536 g/mol. The molecule has 0 aromatic heterocycles. The number of nitrogens with zero attached hydrogens (tertiary/aromatic N) is 3. The van der Waals surface area contributed by atoms with Crippen molar-refractivity contribution in [3.63, 3.8) is 0 Å². The Morgan fingerprint density at radius 1 is 1.17 bits per heavy atom. The van der Waals surface area contributed by atoms with Crippen molar-refractivity contribution in [3.05, 3.63) is 34.9 Å². The molecule has 0 saturated carbocycles. The van der Waals surface area contributed by atoms with Crippen LogP contribution in [0.25, 0.3) is 0 Å². The van der Waals surface area contributed by atoms with Gasteiger partial charge in [0.25, 0.3) is 0 Å². The van der Waals surface area contributed by atoms with Gasteiger partial charge in [0.15, 0.2) is 5.96 Å². The molecular weight excluding hydrogens is 501 g/mol. The lowest BCUT2D eigenvalue weighted by Crippen LogP contribution is -2.54. The molecular formula is C21H35ClIN5O. The van der Waals surface area contributed by atoms with E-state index in [1.165, 1.54) is 0 Å². The first-order valence-corrected chi connectivity index (χ1v) is 10.5. The summed E-state index contributed by atoms with van der Waals surface area (Å²) >= 11 is 6.02. The van der Waals surface area contributed by atoms with Gasteiger partial charge in [-0.2, -0.15) is 0 Å². The second kappa shape index (κ2) is 12.6. The number of nitrogens with one attached hydrogen (secondary N) is 2. The zero-order valence-electron chi connectivity index (χ0n) is 18.0. The molecule has 2 N–H and O–H groups in total. The topological polar surface area (TPSA) is 60.0 Å². The van der Waals surface area contributed by atoms with Gasteiger partial charge in [-0.05, 0) is 45.4 Å². The van der Waals surface area contributed by atoms with Gasteiger partial charge in [-0.1, -0.05) is 23.7 Å². The fourth-order valence-electron chi connectivity index (χ4n) is 3.12. The molecule has 1 fully saturated rings. The van der Waals surface area contributed by atoms with Crippen molar-refractivity contribution in [2.24, 2.45) is 4.99 Å². The highest BCUT2D eigenvalue weighted by Crippen LogP contribution is 2.13. The molecule has 1 heterocycles. The number of piperazine rings is 1. The Balaban J connectivity index is 0.00000420. The van der Waals surface area contributed by atoms with E-state index in [9.17, 15) is 4.79 Å². The van der Waals surface area contributed by atoms with E-state index < -0.39 is 0 Å². The molecule has 0 radical (unpaired) electrons. The van der Waals surface area contributed by atoms with Crippen LogP contribution >= 0.6 is 35.6 Å². The highest BCUT2D eigenvalue weighted by molar-refractivity contribution is 14.0. The molecule has 1 saturated heterocycles. The molecule has 29 heavy (non-hydrogen) atoms. The summed E-state index contributed by atoms with van der Waals surface area (Å²) in [7, 11) is 0. The predicted octanol–water partition coefficient (Wildman–Crippen LogP) is 3.00. The number of amides is 1. The van der Waals surface area contributed by atoms with Crippen molar-refractivity contribution >= 4 is 47.4 Å². The van der Waals surface area contributed by atoms with Crippen LogP contribution in [0.5, 0.6) is 0 Å². The summed E-state index contributed by atoms with van der Waals surface area (Å²) in [6.45, 7) is 14.0. The summed E-state index contributed by atoms with van der Waals surface area (Å²) in [5.74, 6) is 1.08. The minimum atomic E-state index is 0. The van der Waals surface area contributed by atoms with E-state index in [-0.39, 0.29) is 35.4 Å². The molecule has 6 nitrogen and oxygen atoms in total. The number of rotatable bonds is 6. The standard InChI is InChI=1S/C21H34ClN5O.HI/c1-5-23-20(24-9-10-25-21(2,3)4)27-13-11-26(12-14-27)19(28)16-17-7-6-8-18(22)15-17;/h6-8,15,25H,5,9-14,16H2,1-4H3,(H,23,24);1H. The van der Waals surface area contributed by atoms with Gasteiger partial charge in [-0.3, -0.25) is 9.79 Å². The van der Waals surface area contributed by atoms with Crippen LogP contribution < -0.4 is 10.6 Å². The highest BCUT2D eigenvalue weighted by Gasteiger charge is 2.23. The monoisotopic (exact) mass is 535 g/mol. The fourth-order valence-corrected chi connectivity index (χ4v) is 3.33. The Labute approximate surface area is 197 Å². The third kappa shape index (κ3) is 9.53. The Bertz CT molecular complexity index is 669. The maximum Gasteiger partial charge on any atom is 0.227 e. The van der Waals surface area contributed by atoms with Gasteiger partial charge in [0.1, 0.15) is 0 Å². The van der Waals surface area contributed by atoms with Crippen LogP contribution in [-0.2, 0) is 11.2 Å². The van der Waals surface area contributed by atoms with E-state index in [1.54, 1.807) is 0 Å². The quantitative estimate of drug-likeness (QED) is 0.255. The first-order chi connectivity index (χ1) is 13.3. The van der Waals surface area contributed by atoms with E-state index >= 15 is 0 Å². The van der Waals surface area contributed by atoms with Gasteiger partial charge < -0.3 is 20.4 Å². The molecule has 1 aromatic carbocycles. The van der Waals surface area contributed by atoms with E-state index in [2.05, 4.69) is 43.2 Å². The van der Waals surface area contributed by atoms with Crippen LogP contribution in [0.15, 0.2) is 29.3 Å². The smallest absolute Gasteiger partial charge is 0.227 e. The van der Waals surface area contributed by atoms with Crippen molar-refractivity contribution in [1.29, 1.82) is 0 Å². The second-order valence-corrected chi connectivity index (χ2v) is 8.52. The molecule has 0 aliphatic carbocycles. The number of benzene rings is 1. The number of carbonyl (C=O) groups is 1. The number of aliphatic imine (C=N–C) groups is 1. The molecule has 1 aliphatic heterocycles. The molecule has 0 bridgehead atoms. The third-order valence-electron chi connectivity index (χ3n) is 4.54. The summed E-state index contributed by atoms with van der Waals surface area (Å²) in [4.78, 5) is 21.5.